The zero-order valence-electron chi connectivity index (χ0n) is 11.1. The molecule has 0 radical (unpaired) electrons. The van der Waals surface area contributed by atoms with Gasteiger partial charge in [0.15, 0.2) is 0 Å². The normalized spacial score (nSPS) is 10.4. The Kier molecular flexibility index (Phi) is 3.42. The first-order valence-electron chi connectivity index (χ1n) is 6.54. The average Bonchev–Trinajstić information content (AvgIpc) is 2.92. The average molecular weight is 261 g/mol. The minimum Gasteiger partial charge on any atom is -0.240 e. The van der Waals surface area contributed by atoms with Gasteiger partial charge in [0.05, 0.1) is 12.2 Å². The minimum absolute atomic E-state index is 0.696. The first-order chi connectivity index (χ1) is 9.88. The van der Waals surface area contributed by atoms with Crippen LogP contribution in [0.25, 0.3) is 17.3 Å². The third-order valence-corrected chi connectivity index (χ3v) is 3.19. The van der Waals surface area contributed by atoms with Gasteiger partial charge < -0.3 is 0 Å². The van der Waals surface area contributed by atoms with Crippen molar-refractivity contribution in [3.8, 4) is 11.3 Å². The number of aromatic nitrogens is 3. The highest BCUT2D eigenvalue weighted by molar-refractivity contribution is 5.68. The van der Waals surface area contributed by atoms with Crippen LogP contribution in [0.4, 0.5) is 0 Å². The Labute approximate surface area is 118 Å². The summed E-state index contributed by atoms with van der Waals surface area (Å²) in [4.78, 5) is 0. The Hall–Kier alpha value is -2.68. The number of hydrogen-bond donors (Lipinski definition) is 0. The molecule has 3 heteroatoms. The molecule has 0 aliphatic rings. The number of hydrogen-bond acceptors (Lipinski definition) is 2. The van der Waals surface area contributed by atoms with E-state index in [2.05, 4.69) is 29.0 Å². The van der Waals surface area contributed by atoms with E-state index in [9.17, 15) is 0 Å². The maximum absolute atomic E-state index is 4.30. The number of rotatable bonds is 4. The summed E-state index contributed by atoms with van der Waals surface area (Å²) in [6.07, 6.45) is 1.81. The lowest BCUT2D eigenvalue weighted by Gasteiger charge is -2.04. The monoisotopic (exact) mass is 261 g/mol. The summed E-state index contributed by atoms with van der Waals surface area (Å²) < 4.78 is 1.88. The topological polar surface area (TPSA) is 30.7 Å². The van der Waals surface area contributed by atoms with E-state index in [1.807, 2.05) is 59.3 Å². The lowest BCUT2D eigenvalue weighted by molar-refractivity contribution is 0.645. The molecule has 0 unspecified atom stereocenters. The highest BCUT2D eigenvalue weighted by Crippen LogP contribution is 2.22. The molecular formula is C17H15N3. The minimum atomic E-state index is 0.696. The highest BCUT2D eigenvalue weighted by Gasteiger charge is 2.11. The van der Waals surface area contributed by atoms with E-state index in [4.69, 9.17) is 0 Å². The summed E-state index contributed by atoms with van der Waals surface area (Å²) in [5.41, 5.74) is 4.07. The smallest absolute Gasteiger partial charge is 0.120 e. The van der Waals surface area contributed by atoms with Gasteiger partial charge in [0, 0.05) is 5.56 Å². The third-order valence-electron chi connectivity index (χ3n) is 3.19. The van der Waals surface area contributed by atoms with Crippen LogP contribution >= 0.6 is 0 Å². The van der Waals surface area contributed by atoms with E-state index in [1.165, 1.54) is 5.56 Å². The number of benzene rings is 2. The second-order valence-electron chi connectivity index (χ2n) is 4.54. The second-order valence-corrected chi connectivity index (χ2v) is 4.54. The van der Waals surface area contributed by atoms with Crippen molar-refractivity contribution in [1.82, 2.24) is 15.0 Å². The molecule has 0 saturated heterocycles. The second kappa shape index (κ2) is 5.53. The van der Waals surface area contributed by atoms with Crippen molar-refractivity contribution in [2.24, 2.45) is 0 Å². The van der Waals surface area contributed by atoms with Crippen LogP contribution < -0.4 is 0 Å². The van der Waals surface area contributed by atoms with E-state index in [1.54, 1.807) is 0 Å². The van der Waals surface area contributed by atoms with E-state index >= 15 is 0 Å². The summed E-state index contributed by atoms with van der Waals surface area (Å²) in [5, 5.41) is 8.55. The Morgan fingerprint density at radius 3 is 2.25 bits per heavy atom. The van der Waals surface area contributed by atoms with E-state index in [0.29, 0.717) is 6.54 Å². The van der Waals surface area contributed by atoms with Crippen LogP contribution in [-0.2, 0) is 6.54 Å². The molecule has 98 valence electrons. The largest absolute Gasteiger partial charge is 0.240 e. The van der Waals surface area contributed by atoms with Gasteiger partial charge in [-0.2, -0.15) is 0 Å². The van der Waals surface area contributed by atoms with Crippen molar-refractivity contribution in [1.29, 1.82) is 0 Å². The fraction of sp³-hybridized carbons (Fsp3) is 0.0588. The van der Waals surface area contributed by atoms with E-state index in [-0.39, 0.29) is 0 Å². The van der Waals surface area contributed by atoms with Crippen LogP contribution in [0, 0.1) is 0 Å². The molecule has 0 bridgehead atoms. The van der Waals surface area contributed by atoms with Crippen LogP contribution in [0.5, 0.6) is 0 Å². The van der Waals surface area contributed by atoms with Crippen molar-refractivity contribution >= 4 is 6.08 Å². The molecule has 0 amide bonds. The Morgan fingerprint density at radius 2 is 1.60 bits per heavy atom. The molecule has 0 saturated carbocycles. The van der Waals surface area contributed by atoms with E-state index in [0.717, 1.165) is 17.0 Å². The van der Waals surface area contributed by atoms with E-state index < -0.39 is 0 Å². The summed E-state index contributed by atoms with van der Waals surface area (Å²) in [6, 6.07) is 20.3. The first kappa shape index (κ1) is 12.4. The van der Waals surface area contributed by atoms with Gasteiger partial charge in [-0.1, -0.05) is 72.5 Å². The third kappa shape index (κ3) is 2.38. The van der Waals surface area contributed by atoms with Crippen molar-refractivity contribution in [3.05, 3.63) is 78.5 Å². The molecule has 3 rings (SSSR count). The molecule has 0 spiro atoms. The van der Waals surface area contributed by atoms with Crippen LogP contribution in [0.1, 0.15) is 11.3 Å². The maximum atomic E-state index is 4.30. The molecule has 0 atom stereocenters. The van der Waals surface area contributed by atoms with Gasteiger partial charge in [0.1, 0.15) is 5.69 Å². The molecule has 3 nitrogen and oxygen atoms in total. The fourth-order valence-corrected chi connectivity index (χ4v) is 2.20. The summed E-state index contributed by atoms with van der Waals surface area (Å²) >= 11 is 0. The van der Waals surface area contributed by atoms with Gasteiger partial charge >= 0.3 is 0 Å². The zero-order valence-corrected chi connectivity index (χ0v) is 11.1. The molecule has 1 aromatic heterocycles. The summed E-state index contributed by atoms with van der Waals surface area (Å²) in [6.45, 7) is 4.59. The van der Waals surface area contributed by atoms with Gasteiger partial charge in [-0.05, 0) is 11.6 Å². The van der Waals surface area contributed by atoms with Gasteiger partial charge in [-0.3, -0.25) is 0 Å². The van der Waals surface area contributed by atoms with Crippen molar-refractivity contribution in [3.63, 3.8) is 0 Å². The van der Waals surface area contributed by atoms with Crippen LogP contribution in [-0.4, -0.2) is 15.0 Å². The molecule has 0 fully saturated rings. The quantitative estimate of drug-likeness (QED) is 0.718. The van der Waals surface area contributed by atoms with Crippen LogP contribution in [0.15, 0.2) is 67.2 Å². The van der Waals surface area contributed by atoms with Crippen molar-refractivity contribution in [2.45, 2.75) is 6.54 Å². The molecule has 20 heavy (non-hydrogen) atoms. The first-order valence-corrected chi connectivity index (χ1v) is 6.54. The summed E-state index contributed by atoms with van der Waals surface area (Å²) in [5.74, 6) is 0. The molecule has 0 aliphatic heterocycles. The van der Waals surface area contributed by atoms with Gasteiger partial charge in [0.2, 0.25) is 0 Å². The van der Waals surface area contributed by atoms with Crippen molar-refractivity contribution < 1.29 is 0 Å². The highest BCUT2D eigenvalue weighted by atomic mass is 15.4. The molecule has 1 heterocycles. The van der Waals surface area contributed by atoms with Crippen molar-refractivity contribution in [2.75, 3.05) is 0 Å². The number of nitrogens with zero attached hydrogens (tertiary/aromatic N) is 3. The zero-order chi connectivity index (χ0) is 13.8. The lowest BCUT2D eigenvalue weighted by Crippen LogP contribution is -2.03. The summed E-state index contributed by atoms with van der Waals surface area (Å²) in [7, 11) is 0. The Morgan fingerprint density at radius 1 is 0.950 bits per heavy atom. The molecular weight excluding hydrogens is 246 g/mol. The Balaban J connectivity index is 1.98. The standard InChI is InChI=1S/C17H15N3/c1-2-16-17(15-11-7-4-8-12-15)18-19-20(16)13-14-9-5-3-6-10-14/h2-12H,1,13H2. The molecule has 0 N–H and O–H groups in total. The maximum Gasteiger partial charge on any atom is 0.120 e. The fourth-order valence-electron chi connectivity index (χ4n) is 2.20. The SMILES string of the molecule is C=Cc1c(-c2ccccc2)nnn1Cc1ccccc1. The molecule has 2 aromatic carbocycles. The van der Waals surface area contributed by atoms with Crippen LogP contribution in [0.3, 0.4) is 0 Å². The Bertz CT molecular complexity index is 700. The molecule has 0 aliphatic carbocycles. The predicted molar refractivity (Wildman–Crippen MR) is 81.1 cm³/mol. The predicted octanol–water partition coefficient (Wildman–Crippen LogP) is 3.64. The van der Waals surface area contributed by atoms with Crippen LogP contribution in [0.2, 0.25) is 0 Å². The molecule has 3 aromatic rings. The van der Waals surface area contributed by atoms with Gasteiger partial charge in [0.25, 0.3) is 0 Å². The van der Waals surface area contributed by atoms with Gasteiger partial charge in [-0.15, -0.1) is 5.10 Å². The van der Waals surface area contributed by atoms with Gasteiger partial charge in [-0.25, -0.2) is 4.68 Å². The lowest BCUT2D eigenvalue weighted by atomic mass is 10.1.